The first-order valence-electron chi connectivity index (χ1n) is 6.90. The zero-order valence-electron chi connectivity index (χ0n) is 11.8. The van der Waals surface area contributed by atoms with E-state index in [-0.39, 0.29) is 6.61 Å². The van der Waals surface area contributed by atoms with Crippen LogP contribution in [-0.2, 0) is 6.54 Å². The topological polar surface area (TPSA) is 41.5 Å². The quantitative estimate of drug-likeness (QED) is 0.813. The first-order chi connectivity index (χ1) is 9.79. The Bertz CT molecular complexity index is 496. The first kappa shape index (κ1) is 14.6. The van der Waals surface area contributed by atoms with E-state index in [0.717, 1.165) is 12.3 Å². The molecule has 0 aliphatic carbocycles. The van der Waals surface area contributed by atoms with Crippen molar-refractivity contribution in [2.24, 2.45) is 0 Å². The highest BCUT2D eigenvalue weighted by Crippen LogP contribution is 2.15. The van der Waals surface area contributed by atoms with E-state index in [1.807, 2.05) is 30.3 Å². The summed E-state index contributed by atoms with van der Waals surface area (Å²) in [6.07, 6.45) is 0. The number of benzene rings is 2. The molecule has 0 bridgehead atoms. The second-order valence-corrected chi connectivity index (χ2v) is 4.73. The number of aliphatic hydroxyl groups excluding tert-OH is 1. The summed E-state index contributed by atoms with van der Waals surface area (Å²) < 4.78 is 5.33. The van der Waals surface area contributed by atoms with Gasteiger partial charge >= 0.3 is 0 Å². The lowest BCUT2D eigenvalue weighted by Gasteiger charge is -2.14. The molecular weight excluding hydrogens is 250 g/mol. The molecule has 20 heavy (non-hydrogen) atoms. The molecule has 1 unspecified atom stereocenters. The summed E-state index contributed by atoms with van der Waals surface area (Å²) in [5.74, 6) is 0.791. The van der Waals surface area contributed by atoms with E-state index in [4.69, 9.17) is 9.84 Å². The zero-order chi connectivity index (χ0) is 14.2. The minimum Gasteiger partial charge on any atom is -0.491 e. The van der Waals surface area contributed by atoms with Gasteiger partial charge in [0, 0.05) is 12.6 Å². The zero-order valence-corrected chi connectivity index (χ0v) is 11.8. The van der Waals surface area contributed by atoms with Crippen LogP contribution in [-0.4, -0.2) is 18.3 Å². The van der Waals surface area contributed by atoms with Gasteiger partial charge in [-0.1, -0.05) is 42.5 Å². The molecule has 106 valence electrons. The third-order valence-electron chi connectivity index (χ3n) is 3.20. The molecule has 0 saturated heterocycles. The van der Waals surface area contributed by atoms with E-state index in [1.165, 1.54) is 11.1 Å². The van der Waals surface area contributed by atoms with E-state index < -0.39 is 0 Å². The number of rotatable bonds is 7. The molecule has 2 aromatic rings. The van der Waals surface area contributed by atoms with E-state index in [2.05, 4.69) is 36.5 Å². The van der Waals surface area contributed by atoms with E-state index in [1.54, 1.807) is 0 Å². The fraction of sp³-hybridized carbons (Fsp3) is 0.294. The van der Waals surface area contributed by atoms with Crippen molar-refractivity contribution in [2.45, 2.75) is 19.5 Å². The Kier molecular flexibility index (Phi) is 5.59. The van der Waals surface area contributed by atoms with Crippen molar-refractivity contribution in [3.05, 3.63) is 65.7 Å². The van der Waals surface area contributed by atoms with Crippen LogP contribution in [0.4, 0.5) is 0 Å². The van der Waals surface area contributed by atoms with Crippen molar-refractivity contribution in [2.75, 3.05) is 13.2 Å². The minimum absolute atomic E-state index is 0.0396. The lowest BCUT2D eigenvalue weighted by Crippen LogP contribution is -2.17. The molecule has 0 heterocycles. The smallest absolute Gasteiger partial charge is 0.119 e. The minimum atomic E-state index is 0.0396. The van der Waals surface area contributed by atoms with Crippen molar-refractivity contribution in [3.8, 4) is 5.75 Å². The summed E-state index contributed by atoms with van der Waals surface area (Å²) in [5, 5.41) is 12.2. The highest BCUT2D eigenvalue weighted by atomic mass is 16.5. The van der Waals surface area contributed by atoms with Gasteiger partial charge in [-0.05, 0) is 30.2 Å². The highest BCUT2D eigenvalue weighted by Gasteiger charge is 2.03. The van der Waals surface area contributed by atoms with Crippen LogP contribution in [0.5, 0.6) is 5.75 Å². The maximum Gasteiger partial charge on any atom is 0.119 e. The van der Waals surface area contributed by atoms with Crippen LogP contribution < -0.4 is 10.1 Å². The summed E-state index contributed by atoms with van der Waals surface area (Å²) in [4.78, 5) is 0. The molecule has 0 aliphatic rings. The number of hydrogen-bond acceptors (Lipinski definition) is 3. The summed E-state index contributed by atoms with van der Waals surface area (Å²) in [6, 6.07) is 18.7. The Balaban J connectivity index is 1.84. The standard InChI is InChI=1S/C17H21NO2/c1-14(16-5-3-2-4-6-16)18-13-15-7-9-17(10-8-15)20-12-11-19/h2-10,14,18-19H,11-13H2,1H3. The van der Waals surface area contributed by atoms with Crippen molar-refractivity contribution >= 4 is 0 Å². The van der Waals surface area contributed by atoms with Gasteiger partial charge in [-0.15, -0.1) is 0 Å². The number of nitrogens with one attached hydrogen (secondary N) is 1. The molecule has 1 atom stereocenters. The third kappa shape index (κ3) is 4.37. The lowest BCUT2D eigenvalue weighted by atomic mass is 10.1. The van der Waals surface area contributed by atoms with Crippen molar-refractivity contribution < 1.29 is 9.84 Å². The van der Waals surface area contributed by atoms with Gasteiger partial charge < -0.3 is 15.2 Å². The number of aliphatic hydroxyl groups is 1. The molecule has 3 nitrogen and oxygen atoms in total. The summed E-state index contributed by atoms with van der Waals surface area (Å²) >= 11 is 0. The van der Waals surface area contributed by atoms with Gasteiger partial charge in [0.2, 0.25) is 0 Å². The fourth-order valence-electron chi connectivity index (χ4n) is 2.00. The van der Waals surface area contributed by atoms with Gasteiger partial charge in [-0.25, -0.2) is 0 Å². The molecule has 3 heteroatoms. The Labute approximate surface area is 120 Å². The maximum absolute atomic E-state index is 8.70. The monoisotopic (exact) mass is 271 g/mol. The molecule has 0 aliphatic heterocycles. The van der Waals surface area contributed by atoms with Gasteiger partial charge in [0.1, 0.15) is 12.4 Å². The van der Waals surface area contributed by atoms with Crippen LogP contribution in [0.15, 0.2) is 54.6 Å². The van der Waals surface area contributed by atoms with E-state index in [0.29, 0.717) is 12.6 Å². The average Bonchev–Trinajstić information content (AvgIpc) is 2.52. The van der Waals surface area contributed by atoms with Gasteiger partial charge in [-0.3, -0.25) is 0 Å². The Morgan fingerprint density at radius 2 is 1.75 bits per heavy atom. The first-order valence-corrected chi connectivity index (χ1v) is 6.90. The second kappa shape index (κ2) is 7.68. The van der Waals surface area contributed by atoms with Gasteiger partial charge in [-0.2, -0.15) is 0 Å². The normalized spacial score (nSPS) is 12.1. The van der Waals surface area contributed by atoms with Gasteiger partial charge in [0.15, 0.2) is 0 Å². The Hall–Kier alpha value is -1.84. The largest absolute Gasteiger partial charge is 0.491 e. The number of ether oxygens (including phenoxy) is 1. The van der Waals surface area contributed by atoms with Crippen LogP contribution >= 0.6 is 0 Å². The molecule has 0 fully saturated rings. The summed E-state index contributed by atoms with van der Waals surface area (Å²) in [5.41, 5.74) is 2.50. The Morgan fingerprint density at radius 3 is 2.40 bits per heavy atom. The average molecular weight is 271 g/mol. The molecule has 0 aromatic heterocycles. The molecular formula is C17H21NO2. The SMILES string of the molecule is CC(NCc1ccc(OCCO)cc1)c1ccccc1. The van der Waals surface area contributed by atoms with Gasteiger partial charge in [0.25, 0.3) is 0 Å². The van der Waals surface area contributed by atoms with Crippen LogP contribution in [0.3, 0.4) is 0 Å². The predicted molar refractivity (Wildman–Crippen MR) is 80.7 cm³/mol. The third-order valence-corrected chi connectivity index (χ3v) is 3.20. The van der Waals surface area contributed by atoms with Gasteiger partial charge in [0.05, 0.1) is 6.61 Å². The molecule has 2 aromatic carbocycles. The van der Waals surface area contributed by atoms with Crippen LogP contribution in [0.2, 0.25) is 0 Å². The summed E-state index contributed by atoms with van der Waals surface area (Å²) in [7, 11) is 0. The molecule has 0 spiro atoms. The van der Waals surface area contributed by atoms with Crippen LogP contribution in [0.1, 0.15) is 24.1 Å². The molecule has 2 rings (SSSR count). The lowest BCUT2D eigenvalue weighted by molar-refractivity contribution is 0.201. The predicted octanol–water partition coefficient (Wildman–Crippen LogP) is 2.91. The Morgan fingerprint density at radius 1 is 1.05 bits per heavy atom. The molecule has 2 N–H and O–H groups in total. The van der Waals surface area contributed by atoms with Crippen LogP contribution in [0, 0.1) is 0 Å². The van der Waals surface area contributed by atoms with Crippen molar-refractivity contribution in [3.63, 3.8) is 0 Å². The van der Waals surface area contributed by atoms with Crippen molar-refractivity contribution in [1.82, 2.24) is 5.32 Å². The number of hydrogen-bond donors (Lipinski definition) is 2. The second-order valence-electron chi connectivity index (χ2n) is 4.73. The maximum atomic E-state index is 8.70. The summed E-state index contributed by atoms with van der Waals surface area (Å²) in [6.45, 7) is 3.35. The van der Waals surface area contributed by atoms with Crippen LogP contribution in [0.25, 0.3) is 0 Å². The molecule has 0 saturated carbocycles. The molecule has 0 amide bonds. The van der Waals surface area contributed by atoms with E-state index in [9.17, 15) is 0 Å². The van der Waals surface area contributed by atoms with Crippen molar-refractivity contribution in [1.29, 1.82) is 0 Å². The van der Waals surface area contributed by atoms with E-state index >= 15 is 0 Å². The highest BCUT2D eigenvalue weighted by molar-refractivity contribution is 5.27. The molecule has 0 radical (unpaired) electrons. The fourth-order valence-corrected chi connectivity index (χ4v) is 2.00.